The average Bonchev–Trinajstić information content (AvgIpc) is 2.87. The Morgan fingerprint density at radius 1 is 0.972 bits per heavy atom. The van der Waals surface area contributed by atoms with E-state index in [1.165, 1.54) is 30.1 Å². The molecule has 0 unspecified atom stereocenters. The summed E-state index contributed by atoms with van der Waals surface area (Å²) in [6.45, 7) is 3.41. The van der Waals surface area contributed by atoms with Crippen LogP contribution >= 0.6 is 11.6 Å². The van der Waals surface area contributed by atoms with E-state index in [1.807, 2.05) is 38.1 Å². The number of hydrogen-bond acceptors (Lipinski definition) is 4. The standard InChI is InChI=1S/C27H30ClN3O4S/c1-4-25(27(33)29-3)30(18-21-11-8-10-20(2)16-21)26(32)19-31(23-13-9-12-22(28)17-23)36(34,35)24-14-6-5-7-15-24/h5-17,25H,4,18-19H2,1-3H3,(H,29,33)/t25-/m1/s1. The first-order valence-corrected chi connectivity index (χ1v) is 13.4. The van der Waals surface area contributed by atoms with Crippen LogP contribution in [-0.4, -0.2) is 44.8 Å². The summed E-state index contributed by atoms with van der Waals surface area (Å²) in [6, 6.07) is 21.1. The molecule has 7 nitrogen and oxygen atoms in total. The fraction of sp³-hybridized carbons (Fsp3) is 0.259. The van der Waals surface area contributed by atoms with Gasteiger partial charge >= 0.3 is 0 Å². The van der Waals surface area contributed by atoms with Crippen molar-refractivity contribution in [3.8, 4) is 0 Å². The number of anilines is 1. The average molecular weight is 528 g/mol. The van der Waals surface area contributed by atoms with Gasteiger partial charge in [-0.05, 0) is 49.2 Å². The van der Waals surface area contributed by atoms with Crippen LogP contribution in [0.1, 0.15) is 24.5 Å². The summed E-state index contributed by atoms with van der Waals surface area (Å²) in [4.78, 5) is 28.0. The lowest BCUT2D eigenvalue weighted by atomic mass is 10.1. The lowest BCUT2D eigenvalue weighted by Crippen LogP contribution is -2.51. The topological polar surface area (TPSA) is 86.8 Å². The number of amides is 2. The number of halogens is 1. The Hall–Kier alpha value is -3.36. The Morgan fingerprint density at radius 2 is 1.67 bits per heavy atom. The van der Waals surface area contributed by atoms with Crippen LogP contribution in [0, 0.1) is 6.92 Å². The predicted octanol–water partition coefficient (Wildman–Crippen LogP) is 4.40. The number of aryl methyl sites for hydroxylation is 1. The second-order valence-corrected chi connectivity index (χ2v) is 10.7. The van der Waals surface area contributed by atoms with Gasteiger partial charge in [0.1, 0.15) is 12.6 Å². The molecule has 0 radical (unpaired) electrons. The molecule has 2 amide bonds. The number of carbonyl (C=O) groups is 2. The summed E-state index contributed by atoms with van der Waals surface area (Å²) in [5.74, 6) is -0.829. The van der Waals surface area contributed by atoms with E-state index in [-0.39, 0.29) is 23.0 Å². The molecule has 9 heteroatoms. The molecule has 0 saturated heterocycles. The van der Waals surface area contributed by atoms with Gasteiger partial charge in [-0.1, -0.05) is 72.6 Å². The molecule has 0 heterocycles. The molecular formula is C27H30ClN3O4S. The minimum absolute atomic E-state index is 0.0429. The summed E-state index contributed by atoms with van der Waals surface area (Å²) in [5, 5.41) is 2.95. The first-order valence-electron chi connectivity index (χ1n) is 11.6. The van der Waals surface area contributed by atoms with E-state index >= 15 is 0 Å². The van der Waals surface area contributed by atoms with Crippen molar-refractivity contribution in [1.29, 1.82) is 0 Å². The summed E-state index contributed by atoms with van der Waals surface area (Å²) in [7, 11) is -2.60. The third kappa shape index (κ3) is 6.44. The molecule has 0 bridgehead atoms. The lowest BCUT2D eigenvalue weighted by Gasteiger charge is -2.33. The molecule has 0 aliphatic heterocycles. The highest BCUT2D eigenvalue weighted by Crippen LogP contribution is 2.27. The van der Waals surface area contributed by atoms with Gasteiger partial charge in [0, 0.05) is 18.6 Å². The van der Waals surface area contributed by atoms with Crippen molar-refractivity contribution in [2.24, 2.45) is 0 Å². The Bertz CT molecular complexity index is 1320. The number of benzene rings is 3. The van der Waals surface area contributed by atoms with Crippen molar-refractivity contribution in [2.45, 2.75) is 37.8 Å². The van der Waals surface area contributed by atoms with Crippen LogP contribution in [0.15, 0.2) is 83.8 Å². The van der Waals surface area contributed by atoms with Gasteiger partial charge in [-0.15, -0.1) is 0 Å². The SMILES string of the molecule is CC[C@H](C(=O)NC)N(Cc1cccc(C)c1)C(=O)CN(c1cccc(Cl)c1)S(=O)(=O)c1ccccc1. The minimum Gasteiger partial charge on any atom is -0.357 e. The third-order valence-corrected chi connectivity index (χ3v) is 7.80. The molecule has 3 aromatic rings. The number of nitrogens with one attached hydrogen (secondary N) is 1. The second kappa shape index (κ2) is 12.1. The molecule has 1 atom stereocenters. The Balaban J connectivity index is 2.05. The minimum atomic E-state index is -4.11. The Morgan fingerprint density at radius 3 is 2.28 bits per heavy atom. The largest absolute Gasteiger partial charge is 0.357 e. The van der Waals surface area contributed by atoms with E-state index in [4.69, 9.17) is 11.6 Å². The van der Waals surface area contributed by atoms with Gasteiger partial charge in [-0.3, -0.25) is 13.9 Å². The molecule has 0 aliphatic rings. The summed E-state index contributed by atoms with van der Waals surface area (Å²) in [5.41, 5.74) is 2.11. The molecule has 1 N–H and O–H groups in total. The van der Waals surface area contributed by atoms with Crippen LogP contribution in [0.4, 0.5) is 5.69 Å². The molecule has 190 valence electrons. The predicted molar refractivity (Wildman–Crippen MR) is 142 cm³/mol. The molecule has 0 fully saturated rings. The number of rotatable bonds is 10. The van der Waals surface area contributed by atoms with Gasteiger partial charge in [0.25, 0.3) is 10.0 Å². The van der Waals surface area contributed by atoms with Gasteiger partial charge in [-0.2, -0.15) is 0 Å². The molecule has 0 aromatic heterocycles. The highest BCUT2D eigenvalue weighted by Gasteiger charge is 2.33. The van der Waals surface area contributed by atoms with Gasteiger partial charge in [0.05, 0.1) is 10.6 Å². The number of hydrogen-bond donors (Lipinski definition) is 1. The van der Waals surface area contributed by atoms with Crippen molar-refractivity contribution in [2.75, 3.05) is 17.9 Å². The normalized spacial score (nSPS) is 12.0. The Kier molecular flexibility index (Phi) is 9.12. The molecule has 36 heavy (non-hydrogen) atoms. The second-order valence-electron chi connectivity index (χ2n) is 8.35. The highest BCUT2D eigenvalue weighted by molar-refractivity contribution is 7.92. The third-order valence-electron chi connectivity index (χ3n) is 5.77. The van der Waals surface area contributed by atoms with E-state index in [1.54, 1.807) is 36.4 Å². The van der Waals surface area contributed by atoms with Gasteiger partial charge in [0.15, 0.2) is 0 Å². The van der Waals surface area contributed by atoms with Crippen molar-refractivity contribution >= 4 is 39.1 Å². The van der Waals surface area contributed by atoms with Gasteiger partial charge < -0.3 is 10.2 Å². The molecule has 0 aliphatic carbocycles. The van der Waals surface area contributed by atoms with E-state index in [0.29, 0.717) is 11.4 Å². The molecule has 0 spiro atoms. The van der Waals surface area contributed by atoms with E-state index < -0.39 is 28.5 Å². The Labute approximate surface area is 217 Å². The summed E-state index contributed by atoms with van der Waals surface area (Å²) in [6.07, 6.45) is 0.361. The zero-order valence-corrected chi connectivity index (χ0v) is 22.1. The van der Waals surface area contributed by atoms with Crippen LogP contribution in [0.25, 0.3) is 0 Å². The van der Waals surface area contributed by atoms with Gasteiger partial charge in [0.2, 0.25) is 11.8 Å². The number of likely N-dealkylation sites (N-methyl/N-ethyl adjacent to an activating group) is 1. The van der Waals surface area contributed by atoms with Crippen LogP contribution in [-0.2, 0) is 26.2 Å². The monoisotopic (exact) mass is 527 g/mol. The van der Waals surface area contributed by atoms with Crippen molar-refractivity contribution in [3.05, 3.63) is 95.0 Å². The first kappa shape index (κ1) is 27.2. The van der Waals surface area contributed by atoms with Gasteiger partial charge in [-0.25, -0.2) is 8.42 Å². The molecule has 3 rings (SSSR count). The van der Waals surface area contributed by atoms with Crippen LogP contribution in [0.3, 0.4) is 0 Å². The maximum atomic E-state index is 13.8. The fourth-order valence-electron chi connectivity index (χ4n) is 3.97. The zero-order chi connectivity index (χ0) is 26.3. The van der Waals surface area contributed by atoms with Crippen molar-refractivity contribution in [3.63, 3.8) is 0 Å². The maximum absolute atomic E-state index is 13.8. The number of sulfonamides is 1. The van der Waals surface area contributed by atoms with Crippen LogP contribution < -0.4 is 9.62 Å². The number of nitrogens with zero attached hydrogens (tertiary/aromatic N) is 2. The maximum Gasteiger partial charge on any atom is 0.264 e. The zero-order valence-electron chi connectivity index (χ0n) is 20.5. The van der Waals surface area contributed by atoms with E-state index in [9.17, 15) is 18.0 Å². The quantitative estimate of drug-likeness (QED) is 0.423. The molecule has 0 saturated carbocycles. The fourth-order valence-corrected chi connectivity index (χ4v) is 5.58. The lowest BCUT2D eigenvalue weighted by molar-refractivity contribution is -0.140. The molecular weight excluding hydrogens is 498 g/mol. The summed E-state index contributed by atoms with van der Waals surface area (Å²) >= 11 is 6.17. The van der Waals surface area contributed by atoms with Crippen LogP contribution in [0.2, 0.25) is 5.02 Å². The van der Waals surface area contributed by atoms with E-state index in [0.717, 1.165) is 15.4 Å². The van der Waals surface area contributed by atoms with Crippen molar-refractivity contribution < 1.29 is 18.0 Å². The van der Waals surface area contributed by atoms with Crippen molar-refractivity contribution in [1.82, 2.24) is 10.2 Å². The smallest absolute Gasteiger partial charge is 0.264 e. The van der Waals surface area contributed by atoms with E-state index in [2.05, 4.69) is 5.32 Å². The number of carbonyl (C=O) groups excluding carboxylic acids is 2. The summed E-state index contributed by atoms with van der Waals surface area (Å²) < 4.78 is 28.4. The first-order chi connectivity index (χ1) is 17.2. The van der Waals surface area contributed by atoms with Crippen LogP contribution in [0.5, 0.6) is 0 Å². The molecule has 3 aromatic carbocycles. The highest BCUT2D eigenvalue weighted by atomic mass is 35.5.